The van der Waals surface area contributed by atoms with Crippen LogP contribution in [-0.4, -0.2) is 9.55 Å². The van der Waals surface area contributed by atoms with Crippen molar-refractivity contribution in [1.82, 2.24) is 9.55 Å². The summed E-state index contributed by atoms with van der Waals surface area (Å²) in [5, 5.41) is 2.37. The van der Waals surface area contributed by atoms with E-state index in [-0.39, 0.29) is 25.5 Å². The molecule has 1 aliphatic rings. The number of imidazole rings is 1. The summed E-state index contributed by atoms with van der Waals surface area (Å²) in [5.74, 6) is 0. The third-order valence-corrected chi connectivity index (χ3v) is 7.68. The number of fused-ring (bicyclic) bond motifs is 3. The molecule has 4 heteroatoms. The van der Waals surface area contributed by atoms with Crippen molar-refractivity contribution in [2.24, 2.45) is 0 Å². The van der Waals surface area contributed by atoms with Crippen LogP contribution in [0.25, 0.3) is 44.4 Å². The molecular formula is C37H27IrN3+. The molecule has 2 aromatic heterocycles. The molecule has 3 heterocycles. The second kappa shape index (κ2) is 10.9. The van der Waals surface area contributed by atoms with E-state index >= 15 is 0 Å². The van der Waals surface area contributed by atoms with E-state index in [2.05, 4.69) is 119 Å². The van der Waals surface area contributed by atoms with Gasteiger partial charge < -0.3 is 9.55 Å². The number of hydrogen-bond acceptors (Lipinski definition) is 1. The topological polar surface area (TPSA) is 21.7 Å². The van der Waals surface area contributed by atoms with Crippen LogP contribution in [0.5, 0.6) is 0 Å². The van der Waals surface area contributed by atoms with Gasteiger partial charge in [-0.1, -0.05) is 74.5 Å². The van der Waals surface area contributed by atoms with Crippen LogP contribution in [0.2, 0.25) is 0 Å². The van der Waals surface area contributed by atoms with Crippen molar-refractivity contribution < 1.29 is 24.7 Å². The molecule has 0 saturated heterocycles. The molecule has 0 N–H and O–H groups in total. The predicted molar refractivity (Wildman–Crippen MR) is 161 cm³/mol. The van der Waals surface area contributed by atoms with Gasteiger partial charge in [0.15, 0.2) is 0 Å². The zero-order valence-electron chi connectivity index (χ0n) is 22.8. The third kappa shape index (κ3) is 4.70. The first kappa shape index (κ1) is 26.8. The maximum absolute atomic E-state index is 4.22. The van der Waals surface area contributed by atoms with E-state index in [1.807, 2.05) is 48.5 Å². The summed E-state index contributed by atoms with van der Waals surface area (Å²) in [4.78, 5) is 4.22. The van der Waals surface area contributed by atoms with Gasteiger partial charge in [-0.2, -0.15) is 0 Å². The molecular weight excluding hydrogens is 679 g/mol. The first-order chi connectivity index (χ1) is 19.6. The van der Waals surface area contributed by atoms with Gasteiger partial charge in [0, 0.05) is 6.20 Å². The van der Waals surface area contributed by atoms with Crippen molar-refractivity contribution in [3.05, 3.63) is 157 Å². The molecule has 0 fully saturated rings. The average molecular weight is 706 g/mol. The van der Waals surface area contributed by atoms with Crippen LogP contribution < -0.4 is 4.57 Å². The third-order valence-electron chi connectivity index (χ3n) is 7.68. The molecule has 0 bridgehead atoms. The summed E-state index contributed by atoms with van der Waals surface area (Å²) in [6.45, 7) is 4.62. The van der Waals surface area contributed by atoms with Gasteiger partial charge >= 0.3 is 20.1 Å². The Hall–Kier alpha value is -4.37. The van der Waals surface area contributed by atoms with E-state index in [9.17, 15) is 0 Å². The number of nitrogens with zero attached hydrogens (tertiary/aromatic N) is 3. The minimum absolute atomic E-state index is 0. The van der Waals surface area contributed by atoms with Crippen molar-refractivity contribution >= 4 is 21.8 Å². The standard InChI is InChI=1S/C26H19N2.C11H8N.Ir/c1-26(2)21-13-8-14-23-25(21)28(17-27(23)20-11-4-3-5-12-20)24-16-19-10-7-6-9-18(19)15-22(24)26;1-2-6-10(7-3-1)11-8-4-5-9-12-11;/h3-15H,1-2H3;1-6,8-9H;/q2*-1;+3. The van der Waals surface area contributed by atoms with Crippen LogP contribution >= 0.6 is 0 Å². The van der Waals surface area contributed by atoms with Gasteiger partial charge in [0.05, 0.1) is 16.7 Å². The van der Waals surface area contributed by atoms with Gasteiger partial charge in [-0.15, -0.1) is 76.5 Å². The van der Waals surface area contributed by atoms with Crippen molar-refractivity contribution in [3.63, 3.8) is 0 Å². The molecule has 7 aromatic rings. The molecule has 5 aromatic carbocycles. The van der Waals surface area contributed by atoms with E-state index in [0.717, 1.165) is 28.0 Å². The Bertz CT molecular complexity index is 1920. The van der Waals surface area contributed by atoms with Gasteiger partial charge in [-0.05, 0) is 40.6 Å². The van der Waals surface area contributed by atoms with Crippen LogP contribution in [0, 0.1) is 18.5 Å². The summed E-state index contributed by atoms with van der Waals surface area (Å²) >= 11 is 0. The fraction of sp³-hybridized carbons (Fsp3) is 0.0811. The van der Waals surface area contributed by atoms with Crippen LogP contribution in [0.3, 0.4) is 0 Å². The van der Waals surface area contributed by atoms with E-state index in [1.165, 1.54) is 27.5 Å². The van der Waals surface area contributed by atoms with Gasteiger partial charge in [-0.3, -0.25) is 4.57 Å². The number of rotatable bonds is 2. The minimum atomic E-state index is -0.105. The molecule has 198 valence electrons. The quantitative estimate of drug-likeness (QED) is 0.133. The Morgan fingerprint density at radius 1 is 0.756 bits per heavy atom. The van der Waals surface area contributed by atoms with Gasteiger partial charge in [0.25, 0.3) is 6.33 Å². The Balaban J connectivity index is 0.000000196. The Kier molecular flexibility index (Phi) is 7.13. The van der Waals surface area contributed by atoms with Gasteiger partial charge in [-0.25, -0.2) is 0 Å². The van der Waals surface area contributed by atoms with E-state index < -0.39 is 0 Å². The molecule has 0 atom stereocenters. The summed E-state index contributed by atoms with van der Waals surface area (Å²) in [6, 6.07) is 48.3. The number of pyridine rings is 1. The Morgan fingerprint density at radius 3 is 2.32 bits per heavy atom. The van der Waals surface area contributed by atoms with Crippen LogP contribution in [0.1, 0.15) is 25.0 Å². The van der Waals surface area contributed by atoms with Crippen LogP contribution in [0.4, 0.5) is 0 Å². The van der Waals surface area contributed by atoms with Crippen molar-refractivity contribution in [2.75, 3.05) is 0 Å². The van der Waals surface area contributed by atoms with Crippen LogP contribution in [-0.2, 0) is 25.5 Å². The number of hydrogen-bond donors (Lipinski definition) is 0. The molecule has 0 amide bonds. The fourth-order valence-corrected chi connectivity index (χ4v) is 5.62. The molecule has 41 heavy (non-hydrogen) atoms. The molecule has 0 saturated carbocycles. The first-order valence-electron chi connectivity index (χ1n) is 13.5. The molecule has 1 aliphatic heterocycles. The van der Waals surface area contributed by atoms with Crippen molar-refractivity contribution in [1.29, 1.82) is 0 Å². The van der Waals surface area contributed by atoms with Crippen molar-refractivity contribution in [2.45, 2.75) is 19.3 Å². The Labute approximate surface area is 254 Å². The summed E-state index contributed by atoms with van der Waals surface area (Å²) < 4.78 is 4.36. The second-order valence-corrected chi connectivity index (χ2v) is 10.5. The summed E-state index contributed by atoms with van der Waals surface area (Å²) in [6.07, 6.45) is 5.40. The van der Waals surface area contributed by atoms with Crippen LogP contribution in [0.15, 0.2) is 128 Å². The second-order valence-electron chi connectivity index (χ2n) is 10.5. The zero-order valence-corrected chi connectivity index (χ0v) is 25.2. The van der Waals surface area contributed by atoms with Gasteiger partial charge in [0.2, 0.25) is 0 Å². The van der Waals surface area contributed by atoms with E-state index in [1.54, 1.807) is 6.20 Å². The monoisotopic (exact) mass is 706 g/mol. The average Bonchev–Trinajstić information content (AvgIpc) is 3.41. The molecule has 3 nitrogen and oxygen atoms in total. The zero-order chi connectivity index (χ0) is 27.1. The summed E-state index contributed by atoms with van der Waals surface area (Å²) in [7, 11) is 0. The summed E-state index contributed by atoms with van der Waals surface area (Å²) in [5.41, 5.74) is 9.12. The largest absolute Gasteiger partial charge is 3.00 e. The number of aromatic nitrogens is 3. The fourth-order valence-electron chi connectivity index (χ4n) is 5.62. The predicted octanol–water partition coefficient (Wildman–Crippen LogP) is 7.85. The minimum Gasteiger partial charge on any atom is -0.308 e. The number of para-hydroxylation sites is 2. The molecule has 0 unspecified atom stereocenters. The van der Waals surface area contributed by atoms with E-state index in [0.29, 0.717) is 0 Å². The molecule has 0 spiro atoms. The molecule has 0 aliphatic carbocycles. The smallest absolute Gasteiger partial charge is 0.308 e. The SMILES string of the molecule is CC1(C)c2cc3ccccc3[c-]c2-[n+]2[c-]n(-c3ccccc3)c3cccc1c32.[Ir+3].[c-]1ccccc1-c1ccccn1. The number of benzene rings is 5. The van der Waals surface area contributed by atoms with Crippen molar-refractivity contribution in [3.8, 4) is 22.6 Å². The maximum atomic E-state index is 4.22. The Morgan fingerprint density at radius 2 is 1.54 bits per heavy atom. The first-order valence-corrected chi connectivity index (χ1v) is 13.5. The molecule has 0 radical (unpaired) electrons. The molecule has 8 rings (SSSR count). The maximum Gasteiger partial charge on any atom is 3.00 e. The normalized spacial score (nSPS) is 12.6. The van der Waals surface area contributed by atoms with E-state index in [4.69, 9.17) is 0 Å². The van der Waals surface area contributed by atoms with Gasteiger partial charge in [0.1, 0.15) is 0 Å².